The lowest BCUT2D eigenvalue weighted by molar-refractivity contribution is -0.140. The first-order valence-corrected chi connectivity index (χ1v) is 11.6. The van der Waals surface area contributed by atoms with Gasteiger partial charge in [0.05, 0.1) is 12.0 Å². The van der Waals surface area contributed by atoms with E-state index >= 15 is 0 Å². The summed E-state index contributed by atoms with van der Waals surface area (Å²) in [5.74, 6) is 2.28. The first-order chi connectivity index (χ1) is 14.0. The van der Waals surface area contributed by atoms with Gasteiger partial charge in [0, 0.05) is 31.8 Å². The third kappa shape index (κ3) is 4.36. The Hall–Kier alpha value is -1.84. The molecule has 1 aromatic carbocycles. The number of aryl methyl sites for hydroxylation is 1. The van der Waals surface area contributed by atoms with Gasteiger partial charge in [0.2, 0.25) is 5.91 Å². The van der Waals surface area contributed by atoms with Crippen LogP contribution < -0.4 is 4.74 Å². The minimum absolute atomic E-state index is 0.181. The van der Waals surface area contributed by atoms with Gasteiger partial charge >= 0.3 is 0 Å². The van der Waals surface area contributed by atoms with Crippen LogP contribution in [-0.2, 0) is 4.79 Å². The van der Waals surface area contributed by atoms with Gasteiger partial charge in [-0.3, -0.25) is 9.59 Å². The minimum Gasteiger partial charge on any atom is -0.486 e. The zero-order valence-electron chi connectivity index (χ0n) is 18.0. The van der Waals surface area contributed by atoms with Crippen molar-refractivity contribution in [3.8, 4) is 5.75 Å². The van der Waals surface area contributed by atoms with Crippen LogP contribution in [0.1, 0.15) is 87.1 Å². The maximum absolute atomic E-state index is 13.1. The number of piperidine rings is 1. The molecule has 29 heavy (non-hydrogen) atoms. The SMILES string of the molecule is CCCCC1CCC(C(=O)N2CCC3(CC2)CC(=O)c2cc(C)ccc2O3)CC1. The second-order valence-electron chi connectivity index (χ2n) is 9.57. The van der Waals surface area contributed by atoms with Gasteiger partial charge < -0.3 is 9.64 Å². The summed E-state index contributed by atoms with van der Waals surface area (Å²) in [6.07, 6.45) is 10.4. The number of amides is 1. The lowest BCUT2D eigenvalue weighted by Crippen LogP contribution is -2.53. The molecule has 0 unspecified atom stereocenters. The third-order valence-electron chi connectivity index (χ3n) is 7.39. The summed E-state index contributed by atoms with van der Waals surface area (Å²) in [6.45, 7) is 5.67. The Labute approximate surface area is 175 Å². The Kier molecular flexibility index (Phi) is 5.98. The number of fused-ring (bicyclic) bond motifs is 1. The number of rotatable bonds is 4. The van der Waals surface area contributed by atoms with Crippen molar-refractivity contribution in [3.05, 3.63) is 29.3 Å². The van der Waals surface area contributed by atoms with Gasteiger partial charge in [-0.1, -0.05) is 37.8 Å². The molecule has 0 aromatic heterocycles. The van der Waals surface area contributed by atoms with E-state index in [1.165, 1.54) is 32.1 Å². The predicted octanol–water partition coefficient (Wildman–Crippen LogP) is 5.32. The van der Waals surface area contributed by atoms with Gasteiger partial charge in [-0.05, 0) is 50.7 Å². The van der Waals surface area contributed by atoms with E-state index in [2.05, 4.69) is 6.92 Å². The molecule has 1 aliphatic carbocycles. The van der Waals surface area contributed by atoms with Crippen molar-refractivity contribution >= 4 is 11.7 Å². The molecule has 158 valence electrons. The molecule has 2 fully saturated rings. The van der Waals surface area contributed by atoms with E-state index in [4.69, 9.17) is 4.74 Å². The fourth-order valence-electron chi connectivity index (χ4n) is 5.47. The molecular formula is C25H35NO3. The average molecular weight is 398 g/mol. The van der Waals surface area contributed by atoms with E-state index in [1.807, 2.05) is 30.0 Å². The molecule has 0 atom stereocenters. The van der Waals surface area contributed by atoms with Crippen LogP contribution in [0.4, 0.5) is 0 Å². The van der Waals surface area contributed by atoms with E-state index in [0.717, 1.165) is 42.9 Å². The van der Waals surface area contributed by atoms with Crippen LogP contribution in [-0.4, -0.2) is 35.3 Å². The highest BCUT2D eigenvalue weighted by Gasteiger charge is 2.44. The number of likely N-dealkylation sites (tertiary alicyclic amines) is 1. The van der Waals surface area contributed by atoms with E-state index in [1.54, 1.807) is 0 Å². The van der Waals surface area contributed by atoms with Crippen molar-refractivity contribution in [1.29, 1.82) is 0 Å². The van der Waals surface area contributed by atoms with Crippen LogP contribution in [0.2, 0.25) is 0 Å². The molecule has 2 heterocycles. The first kappa shape index (κ1) is 20.4. The molecule has 4 rings (SSSR count). The standard InChI is InChI=1S/C25H35NO3/c1-3-4-5-19-7-9-20(10-8-19)24(28)26-14-12-25(13-15-26)17-22(27)21-16-18(2)6-11-23(21)29-25/h6,11,16,19-20H,3-5,7-10,12-15,17H2,1-2H3. The van der Waals surface area contributed by atoms with Crippen molar-refractivity contribution in [3.63, 3.8) is 0 Å². The fraction of sp³-hybridized carbons (Fsp3) is 0.680. The number of ether oxygens (including phenoxy) is 1. The monoisotopic (exact) mass is 397 g/mol. The van der Waals surface area contributed by atoms with Crippen LogP contribution in [0.25, 0.3) is 0 Å². The highest BCUT2D eigenvalue weighted by atomic mass is 16.5. The molecule has 0 bridgehead atoms. The van der Waals surface area contributed by atoms with Crippen molar-refractivity contribution in [1.82, 2.24) is 4.90 Å². The first-order valence-electron chi connectivity index (χ1n) is 11.6. The quantitative estimate of drug-likeness (QED) is 0.691. The number of carbonyl (C=O) groups excluding carboxylic acids is 2. The van der Waals surface area contributed by atoms with Crippen LogP contribution in [0.5, 0.6) is 5.75 Å². The molecular weight excluding hydrogens is 362 g/mol. The maximum atomic E-state index is 13.1. The molecule has 0 N–H and O–H groups in total. The Balaban J connectivity index is 1.32. The Bertz CT molecular complexity index is 755. The van der Waals surface area contributed by atoms with Crippen LogP contribution >= 0.6 is 0 Å². The molecule has 4 heteroatoms. The minimum atomic E-state index is -0.423. The van der Waals surface area contributed by atoms with E-state index in [-0.39, 0.29) is 11.7 Å². The zero-order valence-corrected chi connectivity index (χ0v) is 18.0. The highest BCUT2D eigenvalue weighted by Crippen LogP contribution is 2.40. The van der Waals surface area contributed by atoms with Gasteiger partial charge in [-0.15, -0.1) is 0 Å². The second-order valence-corrected chi connectivity index (χ2v) is 9.57. The normalized spacial score (nSPS) is 26.1. The summed E-state index contributed by atoms with van der Waals surface area (Å²) in [5, 5.41) is 0. The molecule has 1 spiro atoms. The smallest absolute Gasteiger partial charge is 0.225 e. The summed E-state index contributed by atoms with van der Waals surface area (Å²) in [6, 6.07) is 5.86. The summed E-state index contributed by atoms with van der Waals surface area (Å²) < 4.78 is 6.35. The van der Waals surface area contributed by atoms with Crippen LogP contribution in [0.15, 0.2) is 18.2 Å². The second kappa shape index (κ2) is 8.49. The van der Waals surface area contributed by atoms with Gasteiger partial charge in [-0.25, -0.2) is 0 Å². The van der Waals surface area contributed by atoms with Crippen molar-refractivity contribution in [2.45, 2.75) is 83.7 Å². The largest absolute Gasteiger partial charge is 0.486 e. The number of benzene rings is 1. The summed E-state index contributed by atoms with van der Waals surface area (Å²) in [7, 11) is 0. The lowest BCUT2D eigenvalue weighted by atomic mass is 9.78. The van der Waals surface area contributed by atoms with Gasteiger partial charge in [-0.2, -0.15) is 0 Å². The third-order valence-corrected chi connectivity index (χ3v) is 7.39. The van der Waals surface area contributed by atoms with E-state index < -0.39 is 5.60 Å². The number of carbonyl (C=O) groups is 2. The number of Topliss-reactive ketones (excluding diaryl/α,β-unsaturated/α-hetero) is 1. The molecule has 4 nitrogen and oxygen atoms in total. The lowest BCUT2D eigenvalue weighted by Gasteiger charge is -2.45. The maximum Gasteiger partial charge on any atom is 0.225 e. The number of hydrogen-bond donors (Lipinski definition) is 0. The van der Waals surface area contributed by atoms with E-state index in [0.29, 0.717) is 31.0 Å². The average Bonchev–Trinajstić information content (AvgIpc) is 2.73. The van der Waals surface area contributed by atoms with Gasteiger partial charge in [0.1, 0.15) is 11.4 Å². The van der Waals surface area contributed by atoms with E-state index in [9.17, 15) is 9.59 Å². The van der Waals surface area contributed by atoms with Crippen molar-refractivity contribution in [2.24, 2.45) is 11.8 Å². The van der Waals surface area contributed by atoms with Crippen LogP contribution in [0.3, 0.4) is 0 Å². The number of unbranched alkanes of at least 4 members (excludes halogenated alkanes) is 1. The van der Waals surface area contributed by atoms with Crippen molar-refractivity contribution < 1.29 is 14.3 Å². The topological polar surface area (TPSA) is 46.6 Å². The summed E-state index contributed by atoms with van der Waals surface area (Å²) in [4.78, 5) is 27.8. The molecule has 1 aromatic rings. The predicted molar refractivity (Wildman–Crippen MR) is 114 cm³/mol. The van der Waals surface area contributed by atoms with Crippen molar-refractivity contribution in [2.75, 3.05) is 13.1 Å². The highest BCUT2D eigenvalue weighted by molar-refractivity contribution is 6.00. The number of hydrogen-bond acceptors (Lipinski definition) is 3. The molecule has 2 aliphatic heterocycles. The zero-order chi connectivity index (χ0) is 20.4. The van der Waals surface area contributed by atoms with Crippen LogP contribution in [0, 0.1) is 18.8 Å². The molecule has 3 aliphatic rings. The summed E-state index contributed by atoms with van der Waals surface area (Å²) >= 11 is 0. The summed E-state index contributed by atoms with van der Waals surface area (Å²) in [5.41, 5.74) is 1.38. The molecule has 0 radical (unpaired) electrons. The van der Waals surface area contributed by atoms with Gasteiger partial charge in [0.25, 0.3) is 0 Å². The molecule has 1 saturated heterocycles. The Morgan fingerprint density at radius 1 is 1.17 bits per heavy atom. The van der Waals surface area contributed by atoms with Gasteiger partial charge in [0.15, 0.2) is 5.78 Å². The molecule has 1 saturated carbocycles. The number of nitrogens with zero attached hydrogens (tertiary/aromatic N) is 1. The molecule has 1 amide bonds. The fourth-order valence-corrected chi connectivity index (χ4v) is 5.47. The number of ketones is 1. The Morgan fingerprint density at radius 3 is 2.59 bits per heavy atom. The Morgan fingerprint density at radius 2 is 1.90 bits per heavy atom.